The first-order valence-corrected chi connectivity index (χ1v) is 6.57. The highest BCUT2D eigenvalue weighted by atomic mass is 16.2. The number of hydrogen-bond donors (Lipinski definition) is 3. The van der Waals surface area contributed by atoms with E-state index >= 15 is 0 Å². The summed E-state index contributed by atoms with van der Waals surface area (Å²) in [6.07, 6.45) is 1.12. The Morgan fingerprint density at radius 1 is 1.30 bits per heavy atom. The second kappa shape index (κ2) is 8.16. The SMILES string of the molecule is CN(C)C(=O)Nc1cccc(CNC(=O)CCCN)c1. The van der Waals surface area contributed by atoms with Crippen LogP contribution in [0.15, 0.2) is 24.3 Å². The van der Waals surface area contributed by atoms with Crippen molar-refractivity contribution in [3.63, 3.8) is 0 Å². The van der Waals surface area contributed by atoms with Gasteiger partial charge in [0, 0.05) is 32.7 Å². The van der Waals surface area contributed by atoms with Gasteiger partial charge >= 0.3 is 6.03 Å². The van der Waals surface area contributed by atoms with Crippen LogP contribution in [0.25, 0.3) is 0 Å². The topological polar surface area (TPSA) is 87.5 Å². The molecule has 0 bridgehead atoms. The Balaban J connectivity index is 2.51. The van der Waals surface area contributed by atoms with Gasteiger partial charge in [-0.25, -0.2) is 4.79 Å². The smallest absolute Gasteiger partial charge is 0.321 e. The molecule has 0 saturated heterocycles. The molecule has 0 atom stereocenters. The van der Waals surface area contributed by atoms with Gasteiger partial charge in [-0.15, -0.1) is 0 Å². The predicted molar refractivity (Wildman–Crippen MR) is 79.3 cm³/mol. The fourth-order valence-electron chi connectivity index (χ4n) is 1.55. The van der Waals surface area contributed by atoms with E-state index in [1.165, 1.54) is 4.90 Å². The van der Waals surface area contributed by atoms with Gasteiger partial charge in [0.1, 0.15) is 0 Å². The number of nitrogens with one attached hydrogen (secondary N) is 2. The standard InChI is InChI=1S/C14H22N4O2/c1-18(2)14(20)17-12-6-3-5-11(9-12)10-16-13(19)7-4-8-15/h3,5-6,9H,4,7-8,10,15H2,1-2H3,(H,16,19)(H,17,20). The Hall–Kier alpha value is -2.08. The molecule has 0 heterocycles. The van der Waals surface area contributed by atoms with Gasteiger partial charge in [-0.05, 0) is 30.7 Å². The van der Waals surface area contributed by atoms with Crippen molar-refractivity contribution in [1.82, 2.24) is 10.2 Å². The Labute approximate surface area is 119 Å². The molecule has 4 N–H and O–H groups in total. The fraction of sp³-hybridized carbons (Fsp3) is 0.429. The van der Waals surface area contributed by atoms with Gasteiger partial charge in [0.2, 0.25) is 5.91 Å². The van der Waals surface area contributed by atoms with Gasteiger partial charge in [0.15, 0.2) is 0 Å². The van der Waals surface area contributed by atoms with Gasteiger partial charge in [-0.1, -0.05) is 12.1 Å². The summed E-state index contributed by atoms with van der Waals surface area (Å²) in [5, 5.41) is 5.58. The van der Waals surface area contributed by atoms with E-state index < -0.39 is 0 Å². The zero-order valence-electron chi connectivity index (χ0n) is 12.0. The van der Waals surface area contributed by atoms with E-state index in [0.717, 1.165) is 5.56 Å². The molecule has 6 nitrogen and oxygen atoms in total. The molecule has 0 aliphatic carbocycles. The van der Waals surface area contributed by atoms with Crippen LogP contribution in [0.1, 0.15) is 18.4 Å². The minimum atomic E-state index is -0.186. The normalized spacial score (nSPS) is 9.95. The molecule has 1 rings (SSSR count). The number of benzene rings is 1. The monoisotopic (exact) mass is 278 g/mol. The van der Waals surface area contributed by atoms with Crippen LogP contribution in [-0.2, 0) is 11.3 Å². The molecule has 3 amide bonds. The lowest BCUT2D eigenvalue weighted by Gasteiger charge is -2.13. The first-order valence-electron chi connectivity index (χ1n) is 6.57. The van der Waals surface area contributed by atoms with Crippen LogP contribution in [-0.4, -0.2) is 37.5 Å². The molecular weight excluding hydrogens is 256 g/mol. The van der Waals surface area contributed by atoms with Crippen molar-refractivity contribution in [3.05, 3.63) is 29.8 Å². The number of nitrogens with zero attached hydrogens (tertiary/aromatic N) is 1. The van der Waals surface area contributed by atoms with Crippen LogP contribution in [0.5, 0.6) is 0 Å². The van der Waals surface area contributed by atoms with E-state index in [-0.39, 0.29) is 11.9 Å². The van der Waals surface area contributed by atoms with Crippen LogP contribution >= 0.6 is 0 Å². The third kappa shape index (κ3) is 5.71. The molecule has 0 unspecified atom stereocenters. The Kier molecular flexibility index (Phi) is 6.52. The molecule has 0 saturated carbocycles. The van der Waals surface area contributed by atoms with Crippen molar-refractivity contribution in [3.8, 4) is 0 Å². The van der Waals surface area contributed by atoms with Crippen molar-refractivity contribution in [1.29, 1.82) is 0 Å². The third-order valence-electron chi connectivity index (χ3n) is 2.68. The second-order valence-corrected chi connectivity index (χ2v) is 4.69. The second-order valence-electron chi connectivity index (χ2n) is 4.69. The molecule has 110 valence electrons. The summed E-state index contributed by atoms with van der Waals surface area (Å²) in [7, 11) is 3.35. The summed E-state index contributed by atoms with van der Waals surface area (Å²) in [6.45, 7) is 0.953. The molecule has 0 fully saturated rings. The lowest BCUT2D eigenvalue weighted by atomic mass is 10.2. The first kappa shape index (κ1) is 16.0. The number of urea groups is 1. The van der Waals surface area contributed by atoms with Crippen LogP contribution in [0.4, 0.5) is 10.5 Å². The zero-order chi connectivity index (χ0) is 15.0. The van der Waals surface area contributed by atoms with Crippen LogP contribution in [0.2, 0.25) is 0 Å². The number of nitrogens with two attached hydrogens (primary N) is 1. The van der Waals surface area contributed by atoms with Crippen molar-refractivity contribution >= 4 is 17.6 Å². The highest BCUT2D eigenvalue weighted by Crippen LogP contribution is 2.11. The van der Waals surface area contributed by atoms with Gasteiger partial charge in [0.05, 0.1) is 0 Å². The van der Waals surface area contributed by atoms with E-state index in [0.29, 0.717) is 31.6 Å². The maximum absolute atomic E-state index is 11.5. The average molecular weight is 278 g/mol. The number of amides is 3. The van der Waals surface area contributed by atoms with E-state index in [1.807, 2.05) is 18.2 Å². The number of hydrogen-bond acceptors (Lipinski definition) is 3. The molecule has 0 aromatic heterocycles. The minimum absolute atomic E-state index is 0.0156. The molecular formula is C14H22N4O2. The van der Waals surface area contributed by atoms with E-state index in [4.69, 9.17) is 5.73 Å². The molecule has 0 aliphatic heterocycles. The Morgan fingerprint density at radius 3 is 2.70 bits per heavy atom. The molecule has 1 aromatic carbocycles. The van der Waals surface area contributed by atoms with E-state index in [1.54, 1.807) is 20.2 Å². The van der Waals surface area contributed by atoms with Gasteiger partial charge < -0.3 is 21.3 Å². The lowest BCUT2D eigenvalue weighted by Crippen LogP contribution is -2.27. The van der Waals surface area contributed by atoms with Crippen LogP contribution in [0.3, 0.4) is 0 Å². The van der Waals surface area contributed by atoms with Crippen molar-refractivity contribution in [2.75, 3.05) is 26.0 Å². The summed E-state index contributed by atoms with van der Waals surface area (Å²) < 4.78 is 0. The summed E-state index contributed by atoms with van der Waals surface area (Å²) in [6, 6.07) is 7.20. The van der Waals surface area contributed by atoms with Crippen molar-refractivity contribution < 1.29 is 9.59 Å². The predicted octanol–water partition coefficient (Wildman–Crippen LogP) is 1.14. The largest absolute Gasteiger partial charge is 0.352 e. The highest BCUT2D eigenvalue weighted by molar-refractivity contribution is 5.89. The highest BCUT2D eigenvalue weighted by Gasteiger charge is 2.05. The van der Waals surface area contributed by atoms with Gasteiger partial charge in [-0.2, -0.15) is 0 Å². The maximum Gasteiger partial charge on any atom is 0.321 e. The minimum Gasteiger partial charge on any atom is -0.352 e. The third-order valence-corrected chi connectivity index (χ3v) is 2.68. The van der Waals surface area contributed by atoms with Crippen LogP contribution < -0.4 is 16.4 Å². The molecule has 6 heteroatoms. The Morgan fingerprint density at radius 2 is 2.05 bits per heavy atom. The van der Waals surface area contributed by atoms with Crippen molar-refractivity contribution in [2.45, 2.75) is 19.4 Å². The quantitative estimate of drug-likeness (QED) is 0.729. The van der Waals surface area contributed by atoms with Gasteiger partial charge in [-0.3, -0.25) is 4.79 Å². The van der Waals surface area contributed by atoms with Crippen LogP contribution in [0, 0.1) is 0 Å². The summed E-state index contributed by atoms with van der Waals surface area (Å²) in [5.74, 6) is -0.0156. The van der Waals surface area contributed by atoms with E-state index in [9.17, 15) is 9.59 Å². The number of carbonyl (C=O) groups excluding carboxylic acids is 2. The first-order chi connectivity index (χ1) is 9.52. The summed E-state index contributed by atoms with van der Waals surface area (Å²) in [5.41, 5.74) is 6.99. The zero-order valence-corrected chi connectivity index (χ0v) is 12.0. The molecule has 0 radical (unpaired) electrons. The fourth-order valence-corrected chi connectivity index (χ4v) is 1.55. The average Bonchev–Trinajstić information content (AvgIpc) is 2.43. The van der Waals surface area contributed by atoms with E-state index in [2.05, 4.69) is 10.6 Å². The number of carbonyl (C=O) groups is 2. The number of rotatable bonds is 6. The maximum atomic E-state index is 11.5. The molecule has 20 heavy (non-hydrogen) atoms. The summed E-state index contributed by atoms with van der Waals surface area (Å²) >= 11 is 0. The molecule has 0 aliphatic rings. The molecule has 0 spiro atoms. The number of anilines is 1. The van der Waals surface area contributed by atoms with Crippen molar-refractivity contribution in [2.24, 2.45) is 5.73 Å². The molecule has 1 aromatic rings. The Bertz CT molecular complexity index is 460. The lowest BCUT2D eigenvalue weighted by molar-refractivity contribution is -0.121. The van der Waals surface area contributed by atoms with Gasteiger partial charge in [0.25, 0.3) is 0 Å². The summed E-state index contributed by atoms with van der Waals surface area (Å²) in [4.78, 5) is 24.5.